The molecule has 26 heavy (non-hydrogen) atoms. The number of aromatic nitrogens is 1. The Kier molecular flexibility index (Phi) is 6.01. The first kappa shape index (κ1) is 18.5. The lowest BCUT2D eigenvalue weighted by Crippen LogP contribution is -2.37. The fourth-order valence-electron chi connectivity index (χ4n) is 3.77. The quantitative estimate of drug-likeness (QED) is 0.895. The van der Waals surface area contributed by atoms with Crippen LogP contribution in [0.5, 0.6) is 0 Å². The number of aryl methyl sites for hydroxylation is 2. The van der Waals surface area contributed by atoms with Crippen LogP contribution in [-0.2, 0) is 11.3 Å². The van der Waals surface area contributed by atoms with Crippen molar-refractivity contribution in [3.05, 3.63) is 65.0 Å². The van der Waals surface area contributed by atoms with Gasteiger partial charge >= 0.3 is 5.97 Å². The zero-order valence-corrected chi connectivity index (χ0v) is 15.6. The molecular weight excluding hydrogens is 326 g/mol. The number of benzene rings is 1. The summed E-state index contributed by atoms with van der Waals surface area (Å²) in [5, 5.41) is 9.90. The van der Waals surface area contributed by atoms with Gasteiger partial charge in [0, 0.05) is 38.6 Å². The summed E-state index contributed by atoms with van der Waals surface area (Å²) in [5.74, 6) is -0.764. The largest absolute Gasteiger partial charge is 0.480 e. The van der Waals surface area contributed by atoms with Crippen molar-refractivity contribution >= 4 is 5.97 Å². The molecule has 138 valence electrons. The third kappa shape index (κ3) is 4.48. The van der Waals surface area contributed by atoms with E-state index >= 15 is 0 Å². The molecule has 0 amide bonds. The fraction of sp³-hybridized carbons (Fsp3) is 0.429. The van der Waals surface area contributed by atoms with E-state index in [-0.39, 0.29) is 0 Å². The van der Waals surface area contributed by atoms with E-state index in [1.54, 1.807) is 0 Å². The Morgan fingerprint density at radius 2 is 1.88 bits per heavy atom. The van der Waals surface area contributed by atoms with Crippen LogP contribution in [-0.4, -0.2) is 52.0 Å². The summed E-state index contributed by atoms with van der Waals surface area (Å²) >= 11 is 0. The van der Waals surface area contributed by atoms with Crippen LogP contribution < -0.4 is 0 Å². The molecule has 1 N–H and O–H groups in total. The molecule has 1 saturated heterocycles. The average Bonchev–Trinajstić information content (AvgIpc) is 2.83. The molecule has 2 aromatic rings. The molecule has 2 heterocycles. The zero-order chi connectivity index (χ0) is 18.5. The number of carboxylic acids is 1. The van der Waals surface area contributed by atoms with Crippen molar-refractivity contribution in [2.75, 3.05) is 26.2 Å². The average molecular weight is 353 g/mol. The van der Waals surface area contributed by atoms with Crippen LogP contribution in [0.3, 0.4) is 0 Å². The SMILES string of the molecule is Cc1ccc(C(C(=O)O)N2CCCN(Cc3ccncc3)CC2)c(C)c1. The molecule has 0 bridgehead atoms. The van der Waals surface area contributed by atoms with E-state index in [9.17, 15) is 9.90 Å². The Morgan fingerprint density at radius 1 is 1.12 bits per heavy atom. The highest BCUT2D eigenvalue weighted by Gasteiger charge is 2.30. The van der Waals surface area contributed by atoms with Gasteiger partial charge in [-0.05, 0) is 55.6 Å². The zero-order valence-electron chi connectivity index (χ0n) is 15.6. The van der Waals surface area contributed by atoms with E-state index in [0.29, 0.717) is 0 Å². The summed E-state index contributed by atoms with van der Waals surface area (Å²) in [6.45, 7) is 8.35. The summed E-state index contributed by atoms with van der Waals surface area (Å²) in [5.41, 5.74) is 4.37. The fourth-order valence-corrected chi connectivity index (χ4v) is 3.77. The Bertz CT molecular complexity index is 748. The molecule has 1 aliphatic heterocycles. The molecule has 1 fully saturated rings. The molecule has 1 aliphatic rings. The Labute approximate surface area is 155 Å². The highest BCUT2D eigenvalue weighted by atomic mass is 16.4. The monoisotopic (exact) mass is 353 g/mol. The van der Waals surface area contributed by atoms with E-state index < -0.39 is 12.0 Å². The first-order valence-electron chi connectivity index (χ1n) is 9.20. The van der Waals surface area contributed by atoms with E-state index in [1.807, 2.05) is 50.5 Å². The van der Waals surface area contributed by atoms with Crippen LogP contribution in [0.2, 0.25) is 0 Å². The normalized spacial score (nSPS) is 17.6. The molecular formula is C21H27N3O2. The minimum absolute atomic E-state index is 0.573. The topological polar surface area (TPSA) is 56.7 Å². The molecule has 3 rings (SSSR count). The van der Waals surface area contributed by atoms with E-state index in [4.69, 9.17) is 0 Å². The smallest absolute Gasteiger partial charge is 0.325 e. The van der Waals surface area contributed by atoms with E-state index in [2.05, 4.69) is 20.9 Å². The lowest BCUT2D eigenvalue weighted by atomic mass is 9.98. The van der Waals surface area contributed by atoms with Gasteiger partial charge in [0.2, 0.25) is 0 Å². The van der Waals surface area contributed by atoms with Crippen LogP contribution in [0.25, 0.3) is 0 Å². The summed E-state index contributed by atoms with van der Waals surface area (Å²) < 4.78 is 0. The van der Waals surface area contributed by atoms with Gasteiger partial charge in [-0.25, -0.2) is 0 Å². The lowest BCUT2D eigenvalue weighted by Gasteiger charge is -2.29. The van der Waals surface area contributed by atoms with Gasteiger partial charge < -0.3 is 5.11 Å². The van der Waals surface area contributed by atoms with Gasteiger partial charge in [0.05, 0.1) is 0 Å². The number of hydrogen-bond acceptors (Lipinski definition) is 4. The summed E-state index contributed by atoms with van der Waals surface area (Å²) in [6, 6.07) is 9.56. The number of carboxylic acid groups (broad SMARTS) is 1. The second kappa shape index (κ2) is 8.43. The Balaban J connectivity index is 1.72. The molecule has 1 atom stereocenters. The van der Waals surface area contributed by atoms with Gasteiger partial charge in [-0.15, -0.1) is 0 Å². The summed E-state index contributed by atoms with van der Waals surface area (Å²) in [4.78, 5) is 20.6. The number of pyridine rings is 1. The predicted molar refractivity (Wildman–Crippen MR) is 102 cm³/mol. The van der Waals surface area contributed by atoms with Gasteiger partial charge in [0.1, 0.15) is 6.04 Å². The molecule has 0 saturated carbocycles. The van der Waals surface area contributed by atoms with Gasteiger partial charge in [-0.2, -0.15) is 0 Å². The van der Waals surface area contributed by atoms with Gasteiger partial charge in [-0.3, -0.25) is 19.6 Å². The summed E-state index contributed by atoms with van der Waals surface area (Å²) in [6.07, 6.45) is 4.61. The van der Waals surface area contributed by atoms with Crippen molar-refractivity contribution in [2.24, 2.45) is 0 Å². The molecule has 0 aliphatic carbocycles. The first-order chi connectivity index (χ1) is 12.5. The molecule has 1 aromatic heterocycles. The highest BCUT2D eigenvalue weighted by Crippen LogP contribution is 2.26. The third-order valence-corrected chi connectivity index (χ3v) is 5.10. The molecule has 5 nitrogen and oxygen atoms in total. The predicted octanol–water partition coefficient (Wildman–Crippen LogP) is 3.03. The van der Waals surface area contributed by atoms with Crippen LogP contribution in [0, 0.1) is 13.8 Å². The van der Waals surface area contributed by atoms with Crippen LogP contribution in [0.4, 0.5) is 0 Å². The second-order valence-corrected chi connectivity index (χ2v) is 7.12. The van der Waals surface area contributed by atoms with Gasteiger partial charge in [0.15, 0.2) is 0 Å². The maximum absolute atomic E-state index is 12.1. The molecule has 0 spiro atoms. The van der Waals surface area contributed by atoms with Crippen LogP contribution in [0.1, 0.15) is 34.7 Å². The second-order valence-electron chi connectivity index (χ2n) is 7.12. The number of carbonyl (C=O) groups is 1. The minimum atomic E-state index is -0.764. The maximum atomic E-state index is 12.1. The minimum Gasteiger partial charge on any atom is -0.480 e. The Hall–Kier alpha value is -2.24. The molecule has 5 heteroatoms. The first-order valence-corrected chi connectivity index (χ1v) is 9.20. The molecule has 0 radical (unpaired) electrons. The summed E-state index contributed by atoms with van der Waals surface area (Å²) in [7, 11) is 0. The lowest BCUT2D eigenvalue weighted by molar-refractivity contribution is -0.143. The van der Waals surface area contributed by atoms with Crippen molar-refractivity contribution in [1.82, 2.24) is 14.8 Å². The van der Waals surface area contributed by atoms with Crippen molar-refractivity contribution in [3.63, 3.8) is 0 Å². The van der Waals surface area contributed by atoms with Gasteiger partial charge in [0.25, 0.3) is 0 Å². The van der Waals surface area contributed by atoms with Crippen LogP contribution >= 0.6 is 0 Å². The number of rotatable bonds is 5. The standard InChI is InChI=1S/C21H27N3O2/c1-16-4-5-19(17(2)14-16)20(21(25)26)24-11-3-10-23(12-13-24)15-18-6-8-22-9-7-18/h4-9,14,20H,3,10-13,15H2,1-2H3,(H,25,26). The van der Waals surface area contributed by atoms with Crippen molar-refractivity contribution < 1.29 is 9.90 Å². The van der Waals surface area contributed by atoms with Crippen molar-refractivity contribution in [2.45, 2.75) is 32.9 Å². The number of hydrogen-bond donors (Lipinski definition) is 1. The van der Waals surface area contributed by atoms with E-state index in [0.717, 1.165) is 55.8 Å². The van der Waals surface area contributed by atoms with Crippen LogP contribution in [0.15, 0.2) is 42.7 Å². The van der Waals surface area contributed by atoms with Crippen molar-refractivity contribution in [1.29, 1.82) is 0 Å². The highest BCUT2D eigenvalue weighted by molar-refractivity contribution is 5.76. The van der Waals surface area contributed by atoms with Gasteiger partial charge in [-0.1, -0.05) is 23.8 Å². The maximum Gasteiger partial charge on any atom is 0.325 e. The number of aliphatic carboxylic acids is 1. The Morgan fingerprint density at radius 3 is 2.58 bits per heavy atom. The van der Waals surface area contributed by atoms with E-state index in [1.165, 1.54) is 5.56 Å². The third-order valence-electron chi connectivity index (χ3n) is 5.10. The van der Waals surface area contributed by atoms with Crippen molar-refractivity contribution in [3.8, 4) is 0 Å². The number of nitrogens with zero attached hydrogens (tertiary/aromatic N) is 3. The molecule has 1 aromatic carbocycles. The molecule has 1 unspecified atom stereocenters.